The number of hydrogen-bond donors (Lipinski definition) is 0. The van der Waals surface area contributed by atoms with E-state index in [-0.39, 0.29) is 0 Å². The Morgan fingerprint density at radius 3 is 2.61 bits per heavy atom. The van der Waals surface area contributed by atoms with E-state index in [4.69, 9.17) is 0 Å². The smallest absolute Gasteiger partial charge is 0.254 e. The van der Waals surface area contributed by atoms with Gasteiger partial charge in [0.05, 0.1) is 0 Å². The molecule has 0 atom stereocenters. The average Bonchev–Trinajstić information content (AvgIpc) is 2.33. The molecule has 0 N–H and O–H groups in total. The van der Waals surface area contributed by atoms with Crippen molar-refractivity contribution in [2.75, 3.05) is 0 Å². The second-order valence-electron chi connectivity index (χ2n) is 4.54. The highest BCUT2D eigenvalue weighted by Crippen LogP contribution is 2.24. The van der Waals surface area contributed by atoms with E-state index in [9.17, 15) is 5.21 Å². The molecule has 18 heavy (non-hydrogen) atoms. The minimum atomic E-state index is 0.790. The maximum absolute atomic E-state index is 11.7. The Bertz CT molecular complexity index is 546. The molecule has 0 radical (unpaired) electrons. The molecule has 2 rings (SSSR count). The molecule has 0 bridgehead atoms. The van der Waals surface area contributed by atoms with Crippen molar-refractivity contribution in [3.63, 3.8) is 0 Å². The van der Waals surface area contributed by atoms with Gasteiger partial charge in [-0.15, -0.1) is 0 Å². The fraction of sp³-hybridized carbons (Fsp3) is 0.267. The second kappa shape index (κ2) is 5.44. The summed E-state index contributed by atoms with van der Waals surface area (Å²) in [5.74, 6) is 0.834. The lowest BCUT2D eigenvalue weighted by Crippen LogP contribution is -2.28. The minimum absolute atomic E-state index is 0.790. The van der Waals surface area contributed by atoms with Crippen LogP contribution in [0.1, 0.15) is 22.3 Å². The molecule has 0 unspecified atom stereocenters. The van der Waals surface area contributed by atoms with Crippen LogP contribution in [0.5, 0.6) is 0 Å². The summed E-state index contributed by atoms with van der Waals surface area (Å²) in [5.41, 5.74) is 4.86. The number of benzene rings is 1. The Labute approximate surface area is 112 Å². The monoisotopic (exact) mass is 259 g/mol. The third-order valence-corrected chi connectivity index (χ3v) is 4.20. The summed E-state index contributed by atoms with van der Waals surface area (Å²) in [5, 5.41) is 12.5. The van der Waals surface area contributed by atoms with Crippen LogP contribution in [0.2, 0.25) is 0 Å². The standard InChI is InChI=1S/C15H17NOS/c1-11-6-7-12(2)14(9-11)10-18-15-13(3)5-4-8-16(15)17/h4-9H,10H2,1-3H3. The fourth-order valence-electron chi connectivity index (χ4n) is 1.86. The van der Waals surface area contributed by atoms with Crippen molar-refractivity contribution in [1.29, 1.82) is 0 Å². The molecule has 2 aromatic rings. The lowest BCUT2D eigenvalue weighted by atomic mass is 10.1. The molecule has 2 nitrogen and oxygen atoms in total. The van der Waals surface area contributed by atoms with Crippen molar-refractivity contribution in [2.45, 2.75) is 31.6 Å². The third kappa shape index (κ3) is 2.85. The number of aryl methyl sites for hydroxylation is 3. The third-order valence-electron chi connectivity index (χ3n) is 2.97. The molecule has 0 spiro atoms. The van der Waals surface area contributed by atoms with Gasteiger partial charge >= 0.3 is 0 Å². The van der Waals surface area contributed by atoms with Gasteiger partial charge in [0.15, 0.2) is 6.20 Å². The van der Waals surface area contributed by atoms with E-state index in [1.165, 1.54) is 16.7 Å². The predicted octanol–water partition coefficient (Wildman–Crippen LogP) is 3.54. The molecule has 0 aliphatic heterocycles. The lowest BCUT2D eigenvalue weighted by molar-refractivity contribution is -0.646. The first-order valence-electron chi connectivity index (χ1n) is 5.95. The van der Waals surface area contributed by atoms with Crippen LogP contribution < -0.4 is 4.73 Å². The van der Waals surface area contributed by atoms with Gasteiger partial charge in [0.2, 0.25) is 0 Å². The van der Waals surface area contributed by atoms with Crippen LogP contribution in [-0.2, 0) is 5.75 Å². The summed E-state index contributed by atoms with van der Waals surface area (Å²) < 4.78 is 0.950. The highest BCUT2D eigenvalue weighted by atomic mass is 32.2. The Hall–Kier alpha value is -1.48. The quantitative estimate of drug-likeness (QED) is 0.479. The van der Waals surface area contributed by atoms with Crippen molar-refractivity contribution in [3.8, 4) is 0 Å². The lowest BCUT2D eigenvalue weighted by Gasteiger charge is -2.08. The van der Waals surface area contributed by atoms with Crippen LogP contribution in [-0.4, -0.2) is 0 Å². The van der Waals surface area contributed by atoms with E-state index in [1.54, 1.807) is 24.0 Å². The van der Waals surface area contributed by atoms with Crippen molar-refractivity contribution in [3.05, 3.63) is 64.0 Å². The zero-order valence-electron chi connectivity index (χ0n) is 10.9. The number of thioether (sulfide) groups is 1. The zero-order chi connectivity index (χ0) is 13.1. The van der Waals surface area contributed by atoms with E-state index in [0.717, 1.165) is 21.1 Å². The Balaban J connectivity index is 2.19. The van der Waals surface area contributed by atoms with Gasteiger partial charge < -0.3 is 5.21 Å². The largest absolute Gasteiger partial charge is 0.618 e. The van der Waals surface area contributed by atoms with Crippen LogP contribution in [0.4, 0.5) is 0 Å². The van der Waals surface area contributed by atoms with Gasteiger partial charge in [0.1, 0.15) is 0 Å². The fourth-order valence-corrected chi connectivity index (χ4v) is 2.94. The van der Waals surface area contributed by atoms with Gasteiger partial charge in [-0.25, -0.2) is 0 Å². The van der Waals surface area contributed by atoms with Gasteiger partial charge in [-0.2, -0.15) is 4.73 Å². The molecule has 1 aromatic carbocycles. The summed E-state index contributed by atoms with van der Waals surface area (Å²) in [6.45, 7) is 6.17. The molecule has 0 amide bonds. The highest BCUT2D eigenvalue weighted by molar-refractivity contribution is 7.98. The van der Waals surface area contributed by atoms with Crippen molar-refractivity contribution in [1.82, 2.24) is 0 Å². The van der Waals surface area contributed by atoms with Gasteiger partial charge in [-0.3, -0.25) is 0 Å². The molecule has 1 aromatic heterocycles. The topological polar surface area (TPSA) is 26.9 Å². The molecule has 3 heteroatoms. The molecule has 94 valence electrons. The van der Waals surface area contributed by atoms with Crippen LogP contribution in [0, 0.1) is 26.0 Å². The van der Waals surface area contributed by atoms with Gasteiger partial charge in [-0.1, -0.05) is 35.5 Å². The summed E-state index contributed by atoms with van der Waals surface area (Å²) in [6.07, 6.45) is 1.55. The van der Waals surface area contributed by atoms with E-state index in [0.29, 0.717) is 0 Å². The normalized spacial score (nSPS) is 10.6. The Morgan fingerprint density at radius 1 is 1.11 bits per heavy atom. The first kappa shape index (κ1) is 13.0. The zero-order valence-corrected chi connectivity index (χ0v) is 11.8. The first-order valence-corrected chi connectivity index (χ1v) is 6.94. The molecule has 0 fully saturated rings. The minimum Gasteiger partial charge on any atom is -0.618 e. The maximum atomic E-state index is 11.7. The molecule has 0 aliphatic rings. The first-order chi connectivity index (χ1) is 8.58. The van der Waals surface area contributed by atoms with Crippen LogP contribution >= 0.6 is 11.8 Å². The Morgan fingerprint density at radius 2 is 1.89 bits per heavy atom. The number of pyridine rings is 1. The number of hydrogen-bond acceptors (Lipinski definition) is 2. The molecule has 0 saturated carbocycles. The summed E-state index contributed by atoms with van der Waals surface area (Å²) in [6, 6.07) is 10.2. The van der Waals surface area contributed by atoms with E-state index < -0.39 is 0 Å². The van der Waals surface area contributed by atoms with E-state index in [1.807, 2.05) is 13.0 Å². The predicted molar refractivity (Wildman–Crippen MR) is 75.6 cm³/mol. The van der Waals surface area contributed by atoms with Crippen LogP contribution in [0.25, 0.3) is 0 Å². The highest BCUT2D eigenvalue weighted by Gasteiger charge is 2.10. The van der Waals surface area contributed by atoms with Gasteiger partial charge in [0, 0.05) is 17.4 Å². The average molecular weight is 259 g/mol. The van der Waals surface area contributed by atoms with Crippen molar-refractivity contribution in [2.24, 2.45) is 0 Å². The van der Waals surface area contributed by atoms with E-state index in [2.05, 4.69) is 32.0 Å². The number of aromatic nitrogens is 1. The summed E-state index contributed by atoms with van der Waals surface area (Å²) >= 11 is 1.60. The number of nitrogens with zero attached hydrogens (tertiary/aromatic N) is 1. The number of rotatable bonds is 3. The van der Waals surface area contributed by atoms with Gasteiger partial charge in [-0.05, 0) is 38.0 Å². The van der Waals surface area contributed by atoms with E-state index >= 15 is 0 Å². The summed E-state index contributed by atoms with van der Waals surface area (Å²) in [7, 11) is 0. The van der Waals surface area contributed by atoms with Crippen LogP contribution in [0.15, 0.2) is 41.6 Å². The summed E-state index contributed by atoms with van der Waals surface area (Å²) in [4.78, 5) is 0. The molecular formula is C15H17NOS. The molecule has 0 saturated heterocycles. The molecule has 0 aliphatic carbocycles. The SMILES string of the molecule is Cc1ccc(C)c(CSc2c(C)ccc[n+]2[O-])c1. The van der Waals surface area contributed by atoms with Crippen molar-refractivity contribution >= 4 is 11.8 Å². The molecular weight excluding hydrogens is 242 g/mol. The maximum Gasteiger partial charge on any atom is 0.254 e. The van der Waals surface area contributed by atoms with Crippen molar-refractivity contribution < 1.29 is 4.73 Å². The molecule has 1 heterocycles. The second-order valence-corrected chi connectivity index (χ2v) is 5.50. The Kier molecular flexibility index (Phi) is 3.92. The van der Waals surface area contributed by atoms with Crippen LogP contribution in [0.3, 0.4) is 0 Å². The van der Waals surface area contributed by atoms with Gasteiger partial charge in [0.25, 0.3) is 5.03 Å².